The molecule has 0 rings (SSSR count). The van der Waals surface area contributed by atoms with E-state index in [1.807, 2.05) is 0 Å². The molecule has 0 spiro atoms. The van der Waals surface area contributed by atoms with Gasteiger partial charge in [0.2, 0.25) is 0 Å². The van der Waals surface area contributed by atoms with E-state index in [0.717, 1.165) is 0 Å². The van der Waals surface area contributed by atoms with Gasteiger partial charge in [-0.2, -0.15) is 0 Å². The van der Waals surface area contributed by atoms with E-state index in [-0.39, 0.29) is 54.4 Å². The quantitative estimate of drug-likeness (QED) is 0.415. The molecular weight excluding hydrogens is 329 g/mol. The molecule has 0 aromatic heterocycles. The third-order valence-electron chi connectivity index (χ3n) is 0. The predicted molar refractivity (Wildman–Crippen MR) is 15.1 cm³/mol. The van der Waals surface area contributed by atoms with Gasteiger partial charge in [-0.1, -0.05) is 0 Å². The first-order valence-electron chi connectivity index (χ1n) is 0.500. The van der Waals surface area contributed by atoms with E-state index >= 15 is 0 Å². The molecule has 0 fully saturated rings. The molecule has 6 heteroatoms. The molecule has 34 valence electrons. The molecule has 0 aromatic rings. The molecule has 0 radical (unpaired) electrons. The van der Waals surface area contributed by atoms with Gasteiger partial charge in [0.05, 0.1) is 0 Å². The Morgan fingerprint density at radius 1 is 1.00 bits per heavy atom. The molecule has 0 heterocycles. The molecule has 0 aliphatic heterocycles. The van der Waals surface area contributed by atoms with Gasteiger partial charge in [-0.3, -0.25) is 0 Å². The second-order valence-electron chi connectivity index (χ2n) is 0.204. The Kier molecular flexibility index (Phi) is 26.8. The Balaban J connectivity index is -0.0000000450. The molecule has 0 saturated heterocycles. The van der Waals surface area contributed by atoms with Crippen molar-refractivity contribution in [3.63, 3.8) is 0 Å². The second kappa shape index (κ2) is 10.2. The SMILES string of the molecule is O.[Ba+2].[O-][Te+]([O-])[O-]. The summed E-state index contributed by atoms with van der Waals surface area (Å²) in [6, 6.07) is 0. The van der Waals surface area contributed by atoms with Gasteiger partial charge >= 0.3 is 80.1 Å². The van der Waals surface area contributed by atoms with Gasteiger partial charge in [-0.15, -0.1) is 0 Å². The molecule has 0 amide bonds. The summed E-state index contributed by atoms with van der Waals surface area (Å²) in [6.07, 6.45) is 0. The van der Waals surface area contributed by atoms with Gasteiger partial charge in [0.25, 0.3) is 0 Å². The van der Waals surface area contributed by atoms with E-state index < -0.39 is 20.8 Å². The first-order chi connectivity index (χ1) is 1.73. The van der Waals surface area contributed by atoms with Crippen molar-refractivity contribution in [1.82, 2.24) is 0 Å². The molecular formula is H2BaO4Te. The van der Waals surface area contributed by atoms with Crippen LogP contribution >= 0.6 is 0 Å². The number of hydrogen-bond donors (Lipinski definition) is 0. The summed E-state index contributed by atoms with van der Waals surface area (Å²) in [5.41, 5.74) is 0. The zero-order chi connectivity index (χ0) is 3.58. The standard InChI is InChI=1S/Ba.H2O3Te.H2O/c;1-4(2)3;/h;(H2,1,2,3);1H2/q+2;;/p-2. The second-order valence-corrected chi connectivity index (χ2v) is 1.37. The van der Waals surface area contributed by atoms with Gasteiger partial charge in [0, 0.05) is 0 Å². The van der Waals surface area contributed by atoms with Crippen molar-refractivity contribution in [3.05, 3.63) is 0 Å². The monoisotopic (exact) mass is 334 g/mol. The van der Waals surface area contributed by atoms with Crippen molar-refractivity contribution in [2.45, 2.75) is 0 Å². The van der Waals surface area contributed by atoms with Crippen LogP contribution in [-0.2, 0) is 0 Å². The summed E-state index contributed by atoms with van der Waals surface area (Å²) in [4.78, 5) is 0. The van der Waals surface area contributed by atoms with Gasteiger partial charge in [-0.05, 0) is 0 Å². The molecule has 0 saturated carbocycles. The third kappa shape index (κ3) is 34.6. The maximum atomic E-state index is 8.59. The summed E-state index contributed by atoms with van der Waals surface area (Å²) < 4.78 is 25.8. The maximum absolute atomic E-state index is 8.59. The van der Waals surface area contributed by atoms with Crippen molar-refractivity contribution < 1.29 is 15.9 Å². The van der Waals surface area contributed by atoms with E-state index in [9.17, 15) is 0 Å². The molecule has 6 heavy (non-hydrogen) atoms. The minimum atomic E-state index is -4.11. The third-order valence-corrected chi connectivity index (χ3v) is 0. The van der Waals surface area contributed by atoms with Crippen LogP contribution in [-0.4, -0.2) is 75.1 Å². The van der Waals surface area contributed by atoms with Crippen LogP contribution in [0.5, 0.6) is 0 Å². The van der Waals surface area contributed by atoms with Crippen LogP contribution in [0.1, 0.15) is 0 Å². The Bertz CT molecular complexity index is 12.3. The Hall–Kier alpha value is 2.20. The molecule has 0 bridgehead atoms. The fraction of sp³-hybridized carbons (Fsp3) is 0. The van der Waals surface area contributed by atoms with Crippen LogP contribution < -0.4 is 10.4 Å². The predicted octanol–water partition coefficient (Wildman–Crippen LogP) is -5.15. The fourth-order valence-corrected chi connectivity index (χ4v) is 0. The van der Waals surface area contributed by atoms with E-state index in [1.54, 1.807) is 0 Å². The van der Waals surface area contributed by atoms with Crippen molar-refractivity contribution >= 4 is 69.7 Å². The molecule has 2 N–H and O–H groups in total. The van der Waals surface area contributed by atoms with Gasteiger partial charge in [0.15, 0.2) is 0 Å². The normalized spacial score (nSPS) is 6.00. The van der Waals surface area contributed by atoms with E-state index in [2.05, 4.69) is 0 Å². The van der Waals surface area contributed by atoms with E-state index in [0.29, 0.717) is 0 Å². The summed E-state index contributed by atoms with van der Waals surface area (Å²) >= 11 is -4.11. The van der Waals surface area contributed by atoms with Crippen LogP contribution in [0.15, 0.2) is 0 Å². The van der Waals surface area contributed by atoms with E-state index in [1.165, 1.54) is 0 Å². The van der Waals surface area contributed by atoms with Crippen LogP contribution in [0.3, 0.4) is 0 Å². The Morgan fingerprint density at radius 2 is 1.00 bits per heavy atom. The van der Waals surface area contributed by atoms with Crippen molar-refractivity contribution in [3.8, 4) is 0 Å². The van der Waals surface area contributed by atoms with Crippen LogP contribution in [0.25, 0.3) is 0 Å². The summed E-state index contributed by atoms with van der Waals surface area (Å²) in [7, 11) is 0. The molecule has 0 atom stereocenters. The molecule has 0 aliphatic rings. The summed E-state index contributed by atoms with van der Waals surface area (Å²) in [6.45, 7) is 0. The van der Waals surface area contributed by atoms with Crippen LogP contribution in [0, 0.1) is 0 Å². The zero-order valence-electron chi connectivity index (χ0n) is 2.84. The van der Waals surface area contributed by atoms with Crippen molar-refractivity contribution in [2.24, 2.45) is 0 Å². The zero-order valence-corrected chi connectivity index (χ0v) is 9.61. The number of rotatable bonds is 0. The van der Waals surface area contributed by atoms with Crippen LogP contribution in [0.2, 0.25) is 0 Å². The molecule has 4 nitrogen and oxygen atoms in total. The topological polar surface area (TPSA) is 101 Å². The first kappa shape index (κ1) is 15.7. The molecule has 0 aromatic carbocycles. The molecule has 0 aliphatic carbocycles. The summed E-state index contributed by atoms with van der Waals surface area (Å²) in [5.74, 6) is 0. The Labute approximate surface area is 83.8 Å². The first-order valence-corrected chi connectivity index (χ1v) is 3.35. The number of hydrogen-bond acceptors (Lipinski definition) is 3. The van der Waals surface area contributed by atoms with Crippen LogP contribution in [0.4, 0.5) is 0 Å². The van der Waals surface area contributed by atoms with Crippen molar-refractivity contribution in [1.29, 1.82) is 0 Å². The van der Waals surface area contributed by atoms with Gasteiger partial charge < -0.3 is 5.48 Å². The van der Waals surface area contributed by atoms with Crippen molar-refractivity contribution in [2.75, 3.05) is 0 Å². The fourth-order valence-electron chi connectivity index (χ4n) is 0. The average Bonchev–Trinajstić information content (AvgIpc) is 0.811. The Morgan fingerprint density at radius 3 is 1.00 bits per heavy atom. The minimum absolute atomic E-state index is 0. The van der Waals surface area contributed by atoms with E-state index in [4.69, 9.17) is 10.4 Å². The molecule has 0 unspecified atom stereocenters. The van der Waals surface area contributed by atoms with Gasteiger partial charge in [0.1, 0.15) is 0 Å². The average molecular weight is 331 g/mol. The summed E-state index contributed by atoms with van der Waals surface area (Å²) in [5, 5.41) is 0. The van der Waals surface area contributed by atoms with Gasteiger partial charge in [-0.25, -0.2) is 0 Å².